The van der Waals surface area contributed by atoms with E-state index in [0.29, 0.717) is 11.8 Å². The lowest BCUT2D eigenvalue weighted by atomic mass is 9.95. The maximum absolute atomic E-state index is 4.23. The van der Waals surface area contributed by atoms with Crippen LogP contribution >= 0.6 is 0 Å². The molecule has 2 heteroatoms. The average molecular weight is 156 g/mol. The Labute approximate surface area is 70.3 Å². The van der Waals surface area contributed by atoms with Crippen LogP contribution in [-0.2, 0) is 0 Å². The molecule has 1 unspecified atom stereocenters. The van der Waals surface area contributed by atoms with Crippen LogP contribution in [0.2, 0.25) is 0 Å². The number of nitrogens with zero attached hydrogens (tertiary/aromatic N) is 2. The summed E-state index contributed by atoms with van der Waals surface area (Å²) in [6.07, 6.45) is 3.22. The lowest BCUT2D eigenvalue weighted by Crippen LogP contribution is -2.12. The van der Waals surface area contributed by atoms with E-state index in [9.17, 15) is 0 Å². The maximum Gasteiger partial charge on any atom is 0.0278 e. The molecule has 0 amide bonds. The van der Waals surface area contributed by atoms with E-state index >= 15 is 0 Å². The van der Waals surface area contributed by atoms with Crippen molar-refractivity contribution >= 4 is 6.21 Å². The minimum absolute atomic E-state index is 0.623. The average Bonchev–Trinajstić information content (AvgIpc) is 1.87. The normalized spacial score (nSPS) is 14.4. The van der Waals surface area contributed by atoms with Crippen molar-refractivity contribution in [2.45, 2.75) is 27.2 Å². The zero-order valence-corrected chi connectivity index (χ0v) is 8.33. The summed E-state index contributed by atoms with van der Waals surface area (Å²) in [6.45, 7) is 6.66. The van der Waals surface area contributed by atoms with Crippen molar-refractivity contribution in [3.8, 4) is 0 Å². The molecule has 0 aromatic carbocycles. The van der Waals surface area contributed by atoms with Gasteiger partial charge in [0, 0.05) is 20.3 Å². The fraction of sp³-hybridized carbons (Fsp3) is 0.889. The summed E-state index contributed by atoms with van der Waals surface area (Å²) in [6, 6.07) is 0. The van der Waals surface area contributed by atoms with Crippen LogP contribution in [0.1, 0.15) is 27.2 Å². The molecule has 0 aliphatic rings. The predicted octanol–water partition coefficient (Wildman–Crippen LogP) is 2.22. The Morgan fingerprint density at radius 1 is 1.36 bits per heavy atom. The minimum Gasteiger partial charge on any atom is -0.303 e. The first-order valence-electron chi connectivity index (χ1n) is 4.29. The van der Waals surface area contributed by atoms with Crippen molar-refractivity contribution in [3.63, 3.8) is 0 Å². The SMILES string of the molecule is CCC(/C=N\N(C)C)C(C)C. The molecule has 0 N–H and O–H groups in total. The van der Waals surface area contributed by atoms with Crippen molar-refractivity contribution in [2.24, 2.45) is 16.9 Å². The quantitative estimate of drug-likeness (QED) is 0.450. The highest BCUT2D eigenvalue weighted by Crippen LogP contribution is 2.11. The molecule has 2 nitrogen and oxygen atoms in total. The van der Waals surface area contributed by atoms with Gasteiger partial charge >= 0.3 is 0 Å². The molecule has 0 saturated heterocycles. The topological polar surface area (TPSA) is 15.6 Å². The molecule has 0 aromatic heterocycles. The Balaban J connectivity index is 3.87. The van der Waals surface area contributed by atoms with Crippen LogP contribution in [0.3, 0.4) is 0 Å². The third-order valence-corrected chi connectivity index (χ3v) is 1.82. The van der Waals surface area contributed by atoms with Gasteiger partial charge in [0.05, 0.1) is 0 Å². The summed E-state index contributed by atoms with van der Waals surface area (Å²) >= 11 is 0. The first kappa shape index (κ1) is 10.5. The Bertz CT molecular complexity index is 117. The Kier molecular flexibility index (Phi) is 4.92. The molecular formula is C9H20N2. The van der Waals surface area contributed by atoms with Crippen molar-refractivity contribution in [3.05, 3.63) is 0 Å². The van der Waals surface area contributed by atoms with Crippen LogP contribution in [0.5, 0.6) is 0 Å². The predicted molar refractivity (Wildman–Crippen MR) is 50.8 cm³/mol. The van der Waals surface area contributed by atoms with E-state index in [1.807, 2.05) is 25.3 Å². The summed E-state index contributed by atoms with van der Waals surface area (Å²) in [4.78, 5) is 0. The summed E-state index contributed by atoms with van der Waals surface area (Å²) in [5, 5.41) is 6.06. The van der Waals surface area contributed by atoms with Gasteiger partial charge < -0.3 is 5.01 Å². The van der Waals surface area contributed by atoms with Gasteiger partial charge in [-0.25, -0.2) is 0 Å². The number of hydrogen-bond acceptors (Lipinski definition) is 2. The Morgan fingerprint density at radius 3 is 2.18 bits per heavy atom. The highest BCUT2D eigenvalue weighted by Gasteiger charge is 2.06. The van der Waals surface area contributed by atoms with Gasteiger partial charge in [-0.3, -0.25) is 0 Å². The van der Waals surface area contributed by atoms with E-state index in [1.54, 1.807) is 0 Å². The third kappa shape index (κ3) is 4.82. The van der Waals surface area contributed by atoms with Gasteiger partial charge in [-0.05, 0) is 18.3 Å². The molecule has 0 rings (SSSR count). The monoisotopic (exact) mass is 156 g/mol. The zero-order chi connectivity index (χ0) is 8.85. The molecule has 0 saturated carbocycles. The molecule has 0 heterocycles. The molecule has 66 valence electrons. The van der Waals surface area contributed by atoms with E-state index in [-0.39, 0.29) is 0 Å². The van der Waals surface area contributed by atoms with Crippen LogP contribution in [-0.4, -0.2) is 25.3 Å². The minimum atomic E-state index is 0.623. The fourth-order valence-corrected chi connectivity index (χ4v) is 0.968. The van der Waals surface area contributed by atoms with Gasteiger partial charge in [0.25, 0.3) is 0 Å². The van der Waals surface area contributed by atoms with E-state index < -0.39 is 0 Å². The molecule has 0 aliphatic carbocycles. The van der Waals surface area contributed by atoms with Crippen LogP contribution in [0.4, 0.5) is 0 Å². The van der Waals surface area contributed by atoms with Crippen molar-refractivity contribution in [2.75, 3.05) is 14.1 Å². The lowest BCUT2D eigenvalue weighted by molar-refractivity contribution is 0.423. The number of hydrogen-bond donors (Lipinski definition) is 0. The molecule has 0 bridgehead atoms. The molecule has 0 spiro atoms. The van der Waals surface area contributed by atoms with Crippen LogP contribution < -0.4 is 0 Å². The number of hydrazone groups is 1. The highest BCUT2D eigenvalue weighted by atomic mass is 15.4. The second kappa shape index (κ2) is 5.16. The van der Waals surface area contributed by atoms with E-state index in [2.05, 4.69) is 25.9 Å². The summed E-state index contributed by atoms with van der Waals surface area (Å²) < 4.78 is 0. The summed E-state index contributed by atoms with van der Waals surface area (Å²) in [5.41, 5.74) is 0. The van der Waals surface area contributed by atoms with Gasteiger partial charge in [-0.1, -0.05) is 20.8 Å². The highest BCUT2D eigenvalue weighted by molar-refractivity contribution is 5.60. The standard InChI is InChI=1S/C9H20N2/c1-6-9(8(2)3)7-10-11(4)5/h7-9H,6H2,1-5H3/b10-7-. The first-order valence-corrected chi connectivity index (χ1v) is 4.29. The smallest absolute Gasteiger partial charge is 0.0278 e. The fourth-order valence-electron chi connectivity index (χ4n) is 0.968. The number of rotatable bonds is 4. The van der Waals surface area contributed by atoms with E-state index in [4.69, 9.17) is 0 Å². The van der Waals surface area contributed by atoms with E-state index in [1.165, 1.54) is 6.42 Å². The third-order valence-electron chi connectivity index (χ3n) is 1.82. The van der Waals surface area contributed by atoms with Gasteiger partial charge in [0.2, 0.25) is 0 Å². The molecule has 1 atom stereocenters. The van der Waals surface area contributed by atoms with Crippen LogP contribution in [0.25, 0.3) is 0 Å². The van der Waals surface area contributed by atoms with Crippen molar-refractivity contribution in [1.82, 2.24) is 5.01 Å². The molecular weight excluding hydrogens is 136 g/mol. The Hall–Kier alpha value is -0.530. The van der Waals surface area contributed by atoms with Crippen LogP contribution in [0.15, 0.2) is 5.10 Å². The Morgan fingerprint density at radius 2 is 1.91 bits per heavy atom. The van der Waals surface area contributed by atoms with Gasteiger partial charge in [-0.15, -0.1) is 0 Å². The van der Waals surface area contributed by atoms with Gasteiger partial charge in [0.15, 0.2) is 0 Å². The van der Waals surface area contributed by atoms with Gasteiger partial charge in [-0.2, -0.15) is 5.10 Å². The molecule has 0 fully saturated rings. The van der Waals surface area contributed by atoms with Crippen LogP contribution in [0, 0.1) is 11.8 Å². The largest absolute Gasteiger partial charge is 0.303 e. The molecule has 11 heavy (non-hydrogen) atoms. The van der Waals surface area contributed by atoms with E-state index in [0.717, 1.165) is 0 Å². The lowest BCUT2D eigenvalue weighted by Gasteiger charge is -2.14. The second-order valence-corrected chi connectivity index (χ2v) is 3.43. The van der Waals surface area contributed by atoms with Crippen molar-refractivity contribution in [1.29, 1.82) is 0 Å². The molecule has 0 aliphatic heterocycles. The summed E-state index contributed by atoms with van der Waals surface area (Å²) in [5.74, 6) is 1.32. The first-order chi connectivity index (χ1) is 5.07. The zero-order valence-electron chi connectivity index (χ0n) is 8.33. The molecule has 0 aromatic rings. The molecule has 0 radical (unpaired) electrons. The maximum atomic E-state index is 4.23. The van der Waals surface area contributed by atoms with Crippen molar-refractivity contribution < 1.29 is 0 Å². The second-order valence-electron chi connectivity index (χ2n) is 3.43. The summed E-state index contributed by atoms with van der Waals surface area (Å²) in [7, 11) is 3.90. The van der Waals surface area contributed by atoms with Gasteiger partial charge in [0.1, 0.15) is 0 Å².